The number of carbonyl (C=O) groups excluding carboxylic acids is 1. The molecule has 1 aromatic carbocycles. The number of carbonyl (C=O) groups is 1. The first-order chi connectivity index (χ1) is 14.7. The fourth-order valence-electron chi connectivity index (χ4n) is 3.69. The summed E-state index contributed by atoms with van der Waals surface area (Å²) in [5.41, 5.74) is 9.08. The summed E-state index contributed by atoms with van der Waals surface area (Å²) >= 11 is 1.14. The van der Waals surface area contributed by atoms with Crippen molar-refractivity contribution in [1.29, 1.82) is 0 Å². The van der Waals surface area contributed by atoms with Gasteiger partial charge in [-0.3, -0.25) is 14.7 Å². The number of rotatable bonds is 4. The van der Waals surface area contributed by atoms with E-state index in [4.69, 9.17) is 15.2 Å². The molecule has 30 heavy (non-hydrogen) atoms. The van der Waals surface area contributed by atoms with Crippen LogP contribution >= 0.6 is 11.5 Å². The van der Waals surface area contributed by atoms with E-state index in [1.54, 1.807) is 6.20 Å². The second-order valence-corrected chi connectivity index (χ2v) is 8.02. The molecule has 0 radical (unpaired) electrons. The van der Waals surface area contributed by atoms with Crippen LogP contribution in [-0.2, 0) is 6.54 Å². The Morgan fingerprint density at radius 2 is 1.93 bits per heavy atom. The van der Waals surface area contributed by atoms with Crippen LogP contribution in [0.2, 0.25) is 0 Å². The number of hydrogen-bond acceptors (Lipinski definition) is 8. The van der Waals surface area contributed by atoms with Crippen LogP contribution in [0, 0.1) is 0 Å². The van der Waals surface area contributed by atoms with Gasteiger partial charge in [-0.2, -0.15) is 4.37 Å². The van der Waals surface area contributed by atoms with Crippen molar-refractivity contribution in [2.75, 3.05) is 38.7 Å². The van der Waals surface area contributed by atoms with Gasteiger partial charge in [0.2, 0.25) is 6.79 Å². The van der Waals surface area contributed by atoms with E-state index in [9.17, 15) is 4.79 Å². The Morgan fingerprint density at radius 1 is 1.10 bits per heavy atom. The summed E-state index contributed by atoms with van der Waals surface area (Å²) in [5, 5.41) is 0. The molecule has 2 N–H and O–H groups in total. The molecule has 0 aliphatic carbocycles. The molecule has 154 valence electrons. The Bertz CT molecular complexity index is 1060. The molecular weight excluding hydrogens is 402 g/mol. The zero-order valence-corrected chi connectivity index (χ0v) is 17.1. The van der Waals surface area contributed by atoms with Crippen LogP contribution in [0.15, 0.2) is 42.6 Å². The first-order valence-electron chi connectivity index (χ1n) is 9.76. The van der Waals surface area contributed by atoms with E-state index in [0.29, 0.717) is 35.0 Å². The minimum absolute atomic E-state index is 0.0603. The largest absolute Gasteiger partial charge is 0.454 e. The molecule has 1 saturated heterocycles. The third-order valence-electron chi connectivity index (χ3n) is 5.33. The van der Waals surface area contributed by atoms with Gasteiger partial charge in [-0.1, -0.05) is 12.1 Å². The third-order valence-corrected chi connectivity index (χ3v) is 6.18. The van der Waals surface area contributed by atoms with Gasteiger partial charge in [0.25, 0.3) is 5.91 Å². The lowest BCUT2D eigenvalue weighted by atomic mass is 10.1. The average molecular weight is 423 g/mol. The first kappa shape index (κ1) is 18.8. The second-order valence-electron chi connectivity index (χ2n) is 7.24. The molecule has 4 heterocycles. The predicted molar refractivity (Wildman–Crippen MR) is 114 cm³/mol. The maximum absolute atomic E-state index is 13.0. The number of hydrogen-bond donors (Lipinski definition) is 1. The normalized spacial score (nSPS) is 16.1. The molecule has 5 rings (SSSR count). The number of amides is 1. The monoisotopic (exact) mass is 423 g/mol. The molecule has 2 aromatic heterocycles. The number of piperazine rings is 1. The van der Waals surface area contributed by atoms with E-state index in [2.05, 4.69) is 20.3 Å². The molecule has 0 atom stereocenters. The number of aromatic nitrogens is 2. The van der Waals surface area contributed by atoms with E-state index in [1.165, 1.54) is 5.56 Å². The Morgan fingerprint density at radius 3 is 2.73 bits per heavy atom. The highest BCUT2D eigenvalue weighted by Crippen LogP contribution is 2.33. The standard InChI is InChI=1S/C21H21N5O3S/c22-18-19(15-3-1-2-6-23-15)24-30-20(18)21(27)26-9-7-25(8-10-26)12-14-4-5-16-17(11-14)29-13-28-16/h1-6,11H,7-10,12-13,22H2. The number of nitrogens with zero attached hydrogens (tertiary/aromatic N) is 4. The molecule has 0 spiro atoms. The third kappa shape index (κ3) is 3.57. The highest BCUT2D eigenvalue weighted by atomic mass is 32.1. The van der Waals surface area contributed by atoms with Crippen LogP contribution < -0.4 is 15.2 Å². The van der Waals surface area contributed by atoms with Gasteiger partial charge < -0.3 is 20.1 Å². The first-order valence-corrected chi connectivity index (χ1v) is 10.5. The molecule has 2 aliphatic rings. The summed E-state index contributed by atoms with van der Waals surface area (Å²) in [7, 11) is 0. The van der Waals surface area contributed by atoms with Crippen molar-refractivity contribution in [3.8, 4) is 22.9 Å². The summed E-state index contributed by atoms with van der Waals surface area (Å²) in [6.45, 7) is 3.99. The van der Waals surface area contributed by atoms with Gasteiger partial charge in [-0.05, 0) is 41.4 Å². The lowest BCUT2D eigenvalue weighted by molar-refractivity contribution is 0.0634. The number of ether oxygens (including phenoxy) is 2. The lowest BCUT2D eigenvalue weighted by Gasteiger charge is -2.34. The van der Waals surface area contributed by atoms with Crippen molar-refractivity contribution in [3.63, 3.8) is 0 Å². The molecule has 2 aliphatic heterocycles. The highest BCUT2D eigenvalue weighted by Gasteiger charge is 2.27. The summed E-state index contributed by atoms with van der Waals surface area (Å²) < 4.78 is 15.2. The molecule has 0 bridgehead atoms. The number of fused-ring (bicyclic) bond motifs is 1. The minimum Gasteiger partial charge on any atom is -0.454 e. The van der Waals surface area contributed by atoms with Crippen molar-refractivity contribution >= 4 is 23.1 Å². The van der Waals surface area contributed by atoms with Gasteiger partial charge in [-0.25, -0.2) is 0 Å². The molecular formula is C21H21N5O3S. The fraction of sp³-hybridized carbons (Fsp3) is 0.286. The number of nitrogens with two attached hydrogens (primary N) is 1. The number of benzene rings is 1. The predicted octanol–water partition coefficient (Wildman–Crippen LogP) is 2.47. The van der Waals surface area contributed by atoms with Crippen molar-refractivity contribution in [2.45, 2.75) is 6.54 Å². The maximum atomic E-state index is 13.0. The zero-order valence-electron chi connectivity index (χ0n) is 16.3. The van der Waals surface area contributed by atoms with Gasteiger partial charge in [-0.15, -0.1) is 0 Å². The SMILES string of the molecule is Nc1c(-c2ccccn2)nsc1C(=O)N1CCN(Cc2ccc3c(c2)OCO3)CC1. The Kier molecular flexibility index (Phi) is 4.97. The van der Waals surface area contributed by atoms with Crippen molar-refractivity contribution < 1.29 is 14.3 Å². The number of nitrogen functional groups attached to an aromatic ring is 1. The van der Waals surface area contributed by atoms with Crippen LogP contribution in [0.25, 0.3) is 11.4 Å². The van der Waals surface area contributed by atoms with Crippen LogP contribution in [-0.4, -0.2) is 58.0 Å². The van der Waals surface area contributed by atoms with E-state index in [1.807, 2.05) is 35.2 Å². The molecule has 1 amide bonds. The lowest BCUT2D eigenvalue weighted by Crippen LogP contribution is -2.48. The van der Waals surface area contributed by atoms with Crippen LogP contribution in [0.5, 0.6) is 11.5 Å². The molecule has 0 unspecified atom stereocenters. The van der Waals surface area contributed by atoms with Gasteiger partial charge in [0.05, 0.1) is 11.4 Å². The average Bonchev–Trinajstić information content (AvgIpc) is 3.40. The molecule has 0 saturated carbocycles. The van der Waals surface area contributed by atoms with Crippen molar-refractivity contribution in [2.24, 2.45) is 0 Å². The van der Waals surface area contributed by atoms with E-state index >= 15 is 0 Å². The Hall–Kier alpha value is -3.17. The summed E-state index contributed by atoms with van der Waals surface area (Å²) in [5.74, 6) is 1.53. The molecule has 8 nitrogen and oxygen atoms in total. The van der Waals surface area contributed by atoms with Crippen LogP contribution in [0.1, 0.15) is 15.2 Å². The van der Waals surface area contributed by atoms with Crippen molar-refractivity contribution in [1.82, 2.24) is 19.2 Å². The topological polar surface area (TPSA) is 93.8 Å². The molecule has 9 heteroatoms. The quantitative estimate of drug-likeness (QED) is 0.689. The molecule has 1 fully saturated rings. The zero-order chi connectivity index (χ0) is 20.5. The van der Waals surface area contributed by atoms with E-state index < -0.39 is 0 Å². The smallest absolute Gasteiger partial charge is 0.267 e. The molecule has 3 aromatic rings. The van der Waals surface area contributed by atoms with E-state index in [-0.39, 0.29) is 12.7 Å². The van der Waals surface area contributed by atoms with Gasteiger partial charge in [0.15, 0.2) is 11.5 Å². The fourth-order valence-corrected chi connectivity index (χ4v) is 4.47. The Labute approximate surface area is 178 Å². The van der Waals surface area contributed by atoms with Gasteiger partial charge in [0.1, 0.15) is 10.6 Å². The maximum Gasteiger partial charge on any atom is 0.267 e. The van der Waals surface area contributed by atoms with Crippen LogP contribution in [0.3, 0.4) is 0 Å². The number of pyridine rings is 1. The Balaban J connectivity index is 1.22. The summed E-state index contributed by atoms with van der Waals surface area (Å²) in [4.78, 5) is 22.0. The highest BCUT2D eigenvalue weighted by molar-refractivity contribution is 7.09. The van der Waals surface area contributed by atoms with Crippen molar-refractivity contribution in [3.05, 3.63) is 53.0 Å². The van der Waals surface area contributed by atoms with Crippen LogP contribution in [0.4, 0.5) is 5.69 Å². The summed E-state index contributed by atoms with van der Waals surface area (Å²) in [6.07, 6.45) is 1.69. The van der Waals surface area contributed by atoms with Gasteiger partial charge in [0, 0.05) is 38.9 Å². The number of anilines is 1. The van der Waals surface area contributed by atoms with Gasteiger partial charge >= 0.3 is 0 Å². The minimum atomic E-state index is -0.0603. The summed E-state index contributed by atoms with van der Waals surface area (Å²) in [6, 6.07) is 11.6. The second kappa shape index (κ2) is 7.92. The van der Waals surface area contributed by atoms with E-state index in [0.717, 1.165) is 42.7 Å².